The van der Waals surface area contributed by atoms with Gasteiger partial charge in [0.2, 0.25) is 0 Å². The fourth-order valence-electron chi connectivity index (χ4n) is 0.117. The highest BCUT2D eigenvalue weighted by Gasteiger charge is 1.79. The number of carbonyl (C=O) groups is 1. The van der Waals surface area contributed by atoms with Crippen LogP contribution in [-0.4, -0.2) is 5.97 Å². The van der Waals surface area contributed by atoms with Crippen molar-refractivity contribution in [2.24, 2.45) is 0 Å². The lowest BCUT2D eigenvalue weighted by Gasteiger charge is -1.83. The Kier molecular flexibility index (Phi) is 7.08. The predicted octanol–water partition coefficient (Wildman–Crippen LogP) is 1.14. The van der Waals surface area contributed by atoms with Crippen molar-refractivity contribution in [3.63, 3.8) is 0 Å². The molecule has 0 saturated heterocycles. The van der Waals surface area contributed by atoms with Crippen LogP contribution in [-0.2, 0) is 9.53 Å². The summed E-state index contributed by atoms with van der Waals surface area (Å²) in [6.45, 7) is 4.48. The number of carbonyl (C=O) groups excluding carboxylic acids is 1. The van der Waals surface area contributed by atoms with E-state index in [1.54, 1.807) is 0 Å². The molecular weight excluding hydrogens is 92.1 g/mol. The zero-order chi connectivity index (χ0) is 4.99. The largest absolute Gasteiger partial charge is 0.435 e. The molecule has 0 fully saturated rings. The first-order chi connectivity index (χ1) is 2.77. The van der Waals surface area contributed by atoms with E-state index in [9.17, 15) is 4.79 Å². The minimum absolute atomic E-state index is 0. The van der Waals surface area contributed by atoms with E-state index in [1.807, 2.05) is 0 Å². The molecular formula is C5H9O2. The molecule has 0 aliphatic heterocycles. The highest BCUT2D eigenvalue weighted by atomic mass is 16.5. The second-order valence-electron chi connectivity index (χ2n) is 0.776. The van der Waals surface area contributed by atoms with Gasteiger partial charge in [-0.05, 0) is 0 Å². The lowest BCUT2D eigenvalue weighted by atomic mass is 10.8. The van der Waals surface area contributed by atoms with E-state index in [0.717, 1.165) is 6.26 Å². The van der Waals surface area contributed by atoms with Crippen LogP contribution in [0.5, 0.6) is 0 Å². The molecule has 41 valence electrons. The molecule has 0 aliphatic carbocycles. The summed E-state index contributed by atoms with van der Waals surface area (Å²) in [5.41, 5.74) is 0. The molecule has 0 unspecified atom stereocenters. The lowest BCUT2D eigenvalue weighted by Crippen LogP contribution is -1.87. The van der Waals surface area contributed by atoms with Gasteiger partial charge in [0, 0.05) is 6.92 Å². The van der Waals surface area contributed by atoms with Gasteiger partial charge in [0.1, 0.15) is 0 Å². The van der Waals surface area contributed by atoms with Crippen molar-refractivity contribution >= 4 is 5.97 Å². The van der Waals surface area contributed by atoms with Gasteiger partial charge in [0.05, 0.1) is 6.26 Å². The van der Waals surface area contributed by atoms with Crippen LogP contribution < -0.4 is 0 Å². The molecule has 0 rings (SSSR count). The normalized spacial score (nSPS) is 5.86. The summed E-state index contributed by atoms with van der Waals surface area (Å²) < 4.78 is 4.17. The Labute approximate surface area is 43.8 Å². The van der Waals surface area contributed by atoms with Crippen molar-refractivity contribution in [1.82, 2.24) is 0 Å². The van der Waals surface area contributed by atoms with E-state index in [1.165, 1.54) is 6.92 Å². The Balaban J connectivity index is 0. The van der Waals surface area contributed by atoms with Crippen LogP contribution in [0.3, 0.4) is 0 Å². The average molecular weight is 101 g/mol. The summed E-state index contributed by atoms with van der Waals surface area (Å²) in [5, 5.41) is 0. The third-order valence-electron chi connectivity index (χ3n) is 0.249. The maximum Gasteiger partial charge on any atom is 0.307 e. The van der Waals surface area contributed by atoms with E-state index in [-0.39, 0.29) is 13.4 Å². The first-order valence-electron chi connectivity index (χ1n) is 1.55. The van der Waals surface area contributed by atoms with Crippen LogP contribution in [0, 0.1) is 7.43 Å². The van der Waals surface area contributed by atoms with Gasteiger partial charge in [-0.25, -0.2) is 0 Å². The Morgan fingerprint density at radius 3 is 2.29 bits per heavy atom. The highest BCUT2D eigenvalue weighted by molar-refractivity contribution is 5.66. The van der Waals surface area contributed by atoms with E-state index >= 15 is 0 Å². The molecule has 0 aromatic heterocycles. The van der Waals surface area contributed by atoms with Gasteiger partial charge in [-0.2, -0.15) is 0 Å². The number of hydrogen-bond donors (Lipinski definition) is 0. The fourth-order valence-corrected chi connectivity index (χ4v) is 0.117. The van der Waals surface area contributed by atoms with Gasteiger partial charge >= 0.3 is 5.97 Å². The Morgan fingerprint density at radius 1 is 1.86 bits per heavy atom. The molecule has 0 aliphatic rings. The summed E-state index contributed by atoms with van der Waals surface area (Å²) in [5.74, 6) is -0.329. The molecule has 0 aromatic carbocycles. The monoisotopic (exact) mass is 101 g/mol. The summed E-state index contributed by atoms with van der Waals surface area (Å²) in [7, 11) is 0. The summed E-state index contributed by atoms with van der Waals surface area (Å²) in [4.78, 5) is 9.75. The maximum absolute atomic E-state index is 9.75. The van der Waals surface area contributed by atoms with E-state index in [4.69, 9.17) is 0 Å². The Morgan fingerprint density at radius 2 is 2.29 bits per heavy atom. The van der Waals surface area contributed by atoms with Crippen molar-refractivity contribution < 1.29 is 9.53 Å². The van der Waals surface area contributed by atoms with Crippen LogP contribution in [0.25, 0.3) is 0 Å². The minimum atomic E-state index is -0.329. The Hall–Kier alpha value is -0.790. The minimum Gasteiger partial charge on any atom is -0.435 e. The molecule has 0 aromatic rings. The molecule has 0 bridgehead atoms. The SMILES string of the molecule is C=COC(C)=O.[CH3]. The summed E-state index contributed by atoms with van der Waals surface area (Å²) in [6.07, 6.45) is 1.10. The topological polar surface area (TPSA) is 26.3 Å². The molecule has 0 amide bonds. The first-order valence-corrected chi connectivity index (χ1v) is 1.55. The average Bonchev–Trinajstić information content (AvgIpc) is 1.35. The lowest BCUT2D eigenvalue weighted by molar-refractivity contribution is -0.135. The van der Waals surface area contributed by atoms with E-state index in [2.05, 4.69) is 11.3 Å². The number of rotatable bonds is 1. The quantitative estimate of drug-likeness (QED) is 0.365. The van der Waals surface area contributed by atoms with Crippen LogP contribution >= 0.6 is 0 Å². The van der Waals surface area contributed by atoms with E-state index in [0.29, 0.717) is 0 Å². The van der Waals surface area contributed by atoms with Crippen molar-refractivity contribution in [3.8, 4) is 0 Å². The zero-order valence-electron chi connectivity index (χ0n) is 4.60. The third-order valence-corrected chi connectivity index (χ3v) is 0.249. The van der Waals surface area contributed by atoms with Crippen molar-refractivity contribution in [2.75, 3.05) is 0 Å². The van der Waals surface area contributed by atoms with Gasteiger partial charge in [0.15, 0.2) is 0 Å². The fraction of sp³-hybridized carbons (Fsp3) is 0.200. The smallest absolute Gasteiger partial charge is 0.307 e. The van der Waals surface area contributed by atoms with Crippen molar-refractivity contribution in [3.05, 3.63) is 20.3 Å². The molecule has 0 heterocycles. The standard InChI is InChI=1S/C4H6O2.CH3/c1-3-6-4(2)5;/h3H,1H2,2H3;1H3. The van der Waals surface area contributed by atoms with Crippen LogP contribution in [0.2, 0.25) is 0 Å². The van der Waals surface area contributed by atoms with Gasteiger partial charge in [-0.15, -0.1) is 0 Å². The Bertz CT molecular complexity index is 66.5. The first kappa shape index (κ1) is 9.51. The highest BCUT2D eigenvalue weighted by Crippen LogP contribution is 1.70. The summed E-state index contributed by atoms with van der Waals surface area (Å²) in [6, 6.07) is 0. The van der Waals surface area contributed by atoms with Crippen LogP contribution in [0.1, 0.15) is 6.92 Å². The third kappa shape index (κ3) is 11.0. The summed E-state index contributed by atoms with van der Waals surface area (Å²) >= 11 is 0. The molecule has 0 atom stereocenters. The maximum atomic E-state index is 9.75. The van der Waals surface area contributed by atoms with Crippen LogP contribution in [0.4, 0.5) is 0 Å². The van der Waals surface area contributed by atoms with E-state index < -0.39 is 0 Å². The van der Waals surface area contributed by atoms with Crippen LogP contribution in [0.15, 0.2) is 12.8 Å². The number of hydrogen-bond acceptors (Lipinski definition) is 2. The van der Waals surface area contributed by atoms with Crippen molar-refractivity contribution in [1.29, 1.82) is 0 Å². The molecule has 1 radical (unpaired) electrons. The zero-order valence-corrected chi connectivity index (χ0v) is 4.60. The molecule has 7 heavy (non-hydrogen) atoms. The second kappa shape index (κ2) is 5.21. The molecule has 0 N–H and O–H groups in total. The molecule has 2 nitrogen and oxygen atoms in total. The predicted molar refractivity (Wildman–Crippen MR) is 28.4 cm³/mol. The van der Waals surface area contributed by atoms with Crippen molar-refractivity contribution in [2.45, 2.75) is 6.92 Å². The molecule has 0 spiro atoms. The number of ether oxygens (including phenoxy) is 1. The molecule has 0 saturated carbocycles. The number of esters is 1. The van der Waals surface area contributed by atoms with Gasteiger partial charge in [-0.1, -0.05) is 14.0 Å². The van der Waals surface area contributed by atoms with Gasteiger partial charge in [0.25, 0.3) is 0 Å². The van der Waals surface area contributed by atoms with Gasteiger partial charge in [-0.3, -0.25) is 4.79 Å². The second-order valence-corrected chi connectivity index (χ2v) is 0.776. The van der Waals surface area contributed by atoms with Gasteiger partial charge < -0.3 is 4.74 Å². The molecule has 2 heteroatoms.